The van der Waals surface area contributed by atoms with Crippen molar-refractivity contribution in [1.82, 2.24) is 4.90 Å². The van der Waals surface area contributed by atoms with E-state index in [9.17, 15) is 0 Å². The maximum atomic E-state index is 6.10. The number of piperazine rings is 1. The molecule has 2 rings (SSSR count). The molecule has 1 heterocycles. The molecule has 0 saturated carbocycles. The zero-order valence-electron chi connectivity index (χ0n) is 12.1. The summed E-state index contributed by atoms with van der Waals surface area (Å²) >= 11 is 6.04. The van der Waals surface area contributed by atoms with Gasteiger partial charge in [0.05, 0.1) is 0 Å². The van der Waals surface area contributed by atoms with Gasteiger partial charge in [-0.25, -0.2) is 0 Å². The van der Waals surface area contributed by atoms with Crippen LogP contribution in [0.5, 0.6) is 0 Å². The standard InChI is InChI=1S/C15H24ClN3O/c1-20-10-5-14(17)12-18-6-8-19(9-7-18)15-4-2-3-13(16)11-15/h2-4,11,14H,5-10,12,17H2,1H3. The van der Waals surface area contributed by atoms with Crippen molar-refractivity contribution in [3.63, 3.8) is 0 Å². The minimum Gasteiger partial charge on any atom is -0.385 e. The van der Waals surface area contributed by atoms with Crippen LogP contribution in [0.3, 0.4) is 0 Å². The Balaban J connectivity index is 1.77. The summed E-state index contributed by atoms with van der Waals surface area (Å²) < 4.78 is 5.07. The molecule has 5 heteroatoms. The predicted molar refractivity (Wildman–Crippen MR) is 84.6 cm³/mol. The van der Waals surface area contributed by atoms with Crippen molar-refractivity contribution in [2.24, 2.45) is 5.73 Å². The quantitative estimate of drug-likeness (QED) is 0.870. The zero-order chi connectivity index (χ0) is 14.4. The molecule has 0 aliphatic carbocycles. The largest absolute Gasteiger partial charge is 0.385 e. The molecule has 0 bridgehead atoms. The van der Waals surface area contributed by atoms with E-state index < -0.39 is 0 Å². The predicted octanol–water partition coefficient (Wildman–Crippen LogP) is 1.83. The number of anilines is 1. The second-order valence-corrected chi connectivity index (χ2v) is 5.75. The zero-order valence-corrected chi connectivity index (χ0v) is 12.9. The Morgan fingerprint density at radius 3 is 2.70 bits per heavy atom. The molecule has 1 saturated heterocycles. The van der Waals surface area contributed by atoms with E-state index >= 15 is 0 Å². The van der Waals surface area contributed by atoms with Gasteiger partial charge in [0.25, 0.3) is 0 Å². The van der Waals surface area contributed by atoms with E-state index in [0.717, 1.165) is 50.8 Å². The molecule has 0 radical (unpaired) electrons. The van der Waals surface area contributed by atoms with Crippen molar-refractivity contribution in [1.29, 1.82) is 0 Å². The molecule has 0 spiro atoms. The maximum Gasteiger partial charge on any atom is 0.0477 e. The first kappa shape index (κ1) is 15.6. The van der Waals surface area contributed by atoms with Crippen LogP contribution in [0.2, 0.25) is 5.02 Å². The fraction of sp³-hybridized carbons (Fsp3) is 0.600. The summed E-state index contributed by atoms with van der Waals surface area (Å²) in [6.07, 6.45) is 0.922. The lowest BCUT2D eigenvalue weighted by Crippen LogP contribution is -2.50. The molecular formula is C15H24ClN3O. The lowest BCUT2D eigenvalue weighted by atomic mass is 10.2. The van der Waals surface area contributed by atoms with E-state index in [1.165, 1.54) is 5.69 Å². The van der Waals surface area contributed by atoms with E-state index in [0.29, 0.717) is 0 Å². The van der Waals surface area contributed by atoms with Crippen molar-refractivity contribution in [2.45, 2.75) is 12.5 Å². The van der Waals surface area contributed by atoms with Gasteiger partial charge < -0.3 is 15.4 Å². The first-order valence-corrected chi connectivity index (χ1v) is 7.54. The van der Waals surface area contributed by atoms with Gasteiger partial charge in [-0.2, -0.15) is 0 Å². The average molecular weight is 298 g/mol. The first-order valence-electron chi connectivity index (χ1n) is 7.16. The van der Waals surface area contributed by atoms with Crippen LogP contribution < -0.4 is 10.6 Å². The summed E-state index contributed by atoms with van der Waals surface area (Å²) in [6.45, 7) is 5.84. The van der Waals surface area contributed by atoms with Crippen LogP contribution >= 0.6 is 11.6 Å². The van der Waals surface area contributed by atoms with Gasteiger partial charge >= 0.3 is 0 Å². The van der Waals surface area contributed by atoms with Crippen LogP contribution in [0.25, 0.3) is 0 Å². The Labute approximate surface area is 126 Å². The molecule has 1 aromatic carbocycles. The van der Waals surface area contributed by atoms with Crippen molar-refractivity contribution in [3.05, 3.63) is 29.3 Å². The Morgan fingerprint density at radius 2 is 2.05 bits per heavy atom. The van der Waals surface area contributed by atoms with E-state index in [-0.39, 0.29) is 6.04 Å². The van der Waals surface area contributed by atoms with Crippen LogP contribution in [-0.4, -0.2) is 57.4 Å². The first-order chi connectivity index (χ1) is 9.69. The van der Waals surface area contributed by atoms with Crippen molar-refractivity contribution < 1.29 is 4.74 Å². The third kappa shape index (κ3) is 4.63. The molecule has 2 N–H and O–H groups in total. The number of rotatable bonds is 6. The molecule has 0 aromatic heterocycles. The molecule has 1 atom stereocenters. The van der Waals surface area contributed by atoms with Gasteiger partial charge in [-0.3, -0.25) is 4.90 Å². The molecule has 1 aliphatic heterocycles. The lowest BCUT2D eigenvalue weighted by Gasteiger charge is -2.37. The highest BCUT2D eigenvalue weighted by Crippen LogP contribution is 2.20. The highest BCUT2D eigenvalue weighted by Gasteiger charge is 2.18. The topological polar surface area (TPSA) is 41.7 Å². The normalized spacial score (nSPS) is 18.2. The van der Waals surface area contributed by atoms with Crippen LogP contribution in [0, 0.1) is 0 Å². The molecule has 1 fully saturated rings. The van der Waals surface area contributed by atoms with E-state index in [1.807, 2.05) is 18.2 Å². The van der Waals surface area contributed by atoms with Gasteiger partial charge in [-0.05, 0) is 24.6 Å². The van der Waals surface area contributed by atoms with Crippen LogP contribution in [0.15, 0.2) is 24.3 Å². The van der Waals surface area contributed by atoms with Gasteiger partial charge in [0.1, 0.15) is 0 Å². The number of hydrogen-bond donors (Lipinski definition) is 1. The second-order valence-electron chi connectivity index (χ2n) is 5.31. The maximum absolute atomic E-state index is 6.10. The Kier molecular flexibility index (Phi) is 6.10. The lowest BCUT2D eigenvalue weighted by molar-refractivity contribution is 0.172. The number of ether oxygens (including phenoxy) is 1. The number of hydrogen-bond acceptors (Lipinski definition) is 4. The summed E-state index contributed by atoms with van der Waals surface area (Å²) in [4.78, 5) is 4.81. The Bertz CT molecular complexity index is 408. The fourth-order valence-electron chi connectivity index (χ4n) is 2.55. The summed E-state index contributed by atoms with van der Waals surface area (Å²) in [7, 11) is 1.72. The van der Waals surface area contributed by atoms with Crippen LogP contribution in [-0.2, 0) is 4.74 Å². The highest BCUT2D eigenvalue weighted by atomic mass is 35.5. The van der Waals surface area contributed by atoms with Crippen molar-refractivity contribution in [3.8, 4) is 0 Å². The molecule has 20 heavy (non-hydrogen) atoms. The van der Waals surface area contributed by atoms with Gasteiger partial charge in [-0.15, -0.1) is 0 Å². The third-order valence-corrected chi connectivity index (χ3v) is 3.97. The Hall–Kier alpha value is -0.810. The third-order valence-electron chi connectivity index (χ3n) is 3.73. The second kappa shape index (κ2) is 7.84. The van der Waals surface area contributed by atoms with Crippen molar-refractivity contribution >= 4 is 17.3 Å². The number of nitrogens with two attached hydrogens (primary N) is 1. The molecule has 1 aliphatic rings. The number of halogens is 1. The van der Waals surface area contributed by atoms with Gasteiger partial charge in [0.15, 0.2) is 0 Å². The van der Waals surface area contributed by atoms with Gasteiger partial charge in [-0.1, -0.05) is 17.7 Å². The van der Waals surface area contributed by atoms with Crippen LogP contribution in [0.4, 0.5) is 5.69 Å². The minimum absolute atomic E-state index is 0.202. The van der Waals surface area contributed by atoms with Crippen molar-refractivity contribution in [2.75, 3.05) is 51.3 Å². The summed E-state index contributed by atoms with van der Waals surface area (Å²) in [5, 5.41) is 0.798. The molecule has 4 nitrogen and oxygen atoms in total. The fourth-order valence-corrected chi connectivity index (χ4v) is 2.74. The molecule has 112 valence electrons. The van der Waals surface area contributed by atoms with E-state index in [1.54, 1.807) is 7.11 Å². The highest BCUT2D eigenvalue weighted by molar-refractivity contribution is 6.30. The molecule has 1 aromatic rings. The SMILES string of the molecule is COCCC(N)CN1CCN(c2cccc(Cl)c2)CC1. The van der Waals surface area contributed by atoms with E-state index in [4.69, 9.17) is 22.1 Å². The molecule has 0 amide bonds. The van der Waals surface area contributed by atoms with Gasteiger partial charge in [0.2, 0.25) is 0 Å². The summed E-state index contributed by atoms with van der Waals surface area (Å²) in [6, 6.07) is 8.27. The number of nitrogens with zero attached hydrogens (tertiary/aromatic N) is 2. The monoisotopic (exact) mass is 297 g/mol. The smallest absolute Gasteiger partial charge is 0.0477 e. The van der Waals surface area contributed by atoms with Crippen LogP contribution in [0.1, 0.15) is 6.42 Å². The van der Waals surface area contributed by atoms with Gasteiger partial charge in [0, 0.05) is 63.2 Å². The van der Waals surface area contributed by atoms with E-state index in [2.05, 4.69) is 15.9 Å². The number of benzene rings is 1. The Morgan fingerprint density at radius 1 is 1.30 bits per heavy atom. The average Bonchev–Trinajstić information content (AvgIpc) is 2.46. The summed E-state index contributed by atoms with van der Waals surface area (Å²) in [5.41, 5.74) is 7.31. The molecular weight excluding hydrogens is 274 g/mol. The number of methoxy groups -OCH3 is 1. The summed E-state index contributed by atoms with van der Waals surface area (Å²) in [5.74, 6) is 0. The minimum atomic E-state index is 0.202. The molecule has 1 unspecified atom stereocenters.